The molecule has 0 bridgehead atoms. The summed E-state index contributed by atoms with van der Waals surface area (Å²) in [7, 11) is 1.72. The number of hydrogen-bond donors (Lipinski definition) is 4. The van der Waals surface area contributed by atoms with Crippen LogP contribution < -0.4 is 16.0 Å². The predicted octanol–water partition coefficient (Wildman–Crippen LogP) is 2.53. The minimum absolute atomic E-state index is 0.0560. The summed E-state index contributed by atoms with van der Waals surface area (Å²) in [4.78, 5) is 42.5. The Morgan fingerprint density at radius 3 is 2.13 bits per heavy atom. The number of nitrogens with zero attached hydrogens (tertiary/aromatic N) is 1. The summed E-state index contributed by atoms with van der Waals surface area (Å²) in [5, 5.41) is 18.9. The molecule has 2 saturated heterocycles. The Balaban J connectivity index is 1.58. The Kier molecular flexibility index (Phi) is 9.53. The third kappa shape index (κ3) is 6.08. The third-order valence-corrected chi connectivity index (χ3v) is 8.09. The maximum atomic E-state index is 14.0. The van der Waals surface area contributed by atoms with Crippen LogP contribution in [0.1, 0.15) is 62.6 Å². The zero-order chi connectivity index (χ0) is 27.1. The van der Waals surface area contributed by atoms with E-state index in [0.717, 1.165) is 24.0 Å². The summed E-state index contributed by atoms with van der Waals surface area (Å²) in [6.45, 7) is 1.85. The minimum Gasteiger partial charge on any atom is -0.396 e. The van der Waals surface area contributed by atoms with Crippen molar-refractivity contribution in [1.82, 2.24) is 20.9 Å². The first kappa shape index (κ1) is 27.8. The van der Waals surface area contributed by atoms with Gasteiger partial charge >= 0.3 is 0 Å². The molecule has 2 fully saturated rings. The predicted molar refractivity (Wildman–Crippen MR) is 146 cm³/mol. The number of amides is 3. The van der Waals surface area contributed by atoms with Gasteiger partial charge in [0.1, 0.15) is 12.1 Å². The highest BCUT2D eigenvalue weighted by Crippen LogP contribution is 2.35. The van der Waals surface area contributed by atoms with Crippen molar-refractivity contribution in [3.63, 3.8) is 0 Å². The van der Waals surface area contributed by atoms with Crippen LogP contribution in [0.2, 0.25) is 0 Å². The van der Waals surface area contributed by atoms with Crippen LogP contribution in [0, 0.1) is 5.92 Å². The standard InChI is InChI=1S/C30H40N4O4/c1-3-24(31-2)28(36)33-27-22(18-19-35)14-15-23-16-17-25(34(23)30(27)38)29(37)32-26(20-10-6-4-7-11-20)21-12-8-5-9-13-21/h4-13,22-27,31,35H,3,14-19H2,1-2H3,(H,32,37)(H,33,36). The van der Waals surface area contributed by atoms with E-state index in [1.54, 1.807) is 11.9 Å². The third-order valence-electron chi connectivity index (χ3n) is 8.09. The second kappa shape index (κ2) is 13.0. The maximum absolute atomic E-state index is 14.0. The van der Waals surface area contributed by atoms with Gasteiger partial charge in [0.2, 0.25) is 17.7 Å². The van der Waals surface area contributed by atoms with Gasteiger partial charge in [-0.05, 0) is 62.6 Å². The molecule has 2 aromatic carbocycles. The molecule has 0 aromatic heterocycles. The molecule has 5 unspecified atom stereocenters. The monoisotopic (exact) mass is 520 g/mol. The van der Waals surface area contributed by atoms with Crippen molar-refractivity contribution in [2.75, 3.05) is 13.7 Å². The van der Waals surface area contributed by atoms with E-state index in [4.69, 9.17) is 0 Å². The molecule has 0 radical (unpaired) electrons. The number of carbonyl (C=O) groups excluding carboxylic acids is 3. The molecule has 2 aliphatic rings. The Morgan fingerprint density at radius 2 is 1.58 bits per heavy atom. The van der Waals surface area contributed by atoms with Crippen molar-refractivity contribution in [3.05, 3.63) is 71.8 Å². The molecule has 8 nitrogen and oxygen atoms in total. The molecule has 4 N–H and O–H groups in total. The molecule has 3 amide bonds. The highest BCUT2D eigenvalue weighted by atomic mass is 16.3. The van der Waals surface area contributed by atoms with Gasteiger partial charge in [-0.25, -0.2) is 0 Å². The van der Waals surface area contributed by atoms with Crippen LogP contribution in [-0.2, 0) is 14.4 Å². The number of carbonyl (C=O) groups is 3. The van der Waals surface area contributed by atoms with Crippen LogP contribution in [0.5, 0.6) is 0 Å². The molecule has 2 heterocycles. The zero-order valence-electron chi connectivity index (χ0n) is 22.3. The summed E-state index contributed by atoms with van der Waals surface area (Å²) >= 11 is 0. The van der Waals surface area contributed by atoms with Gasteiger partial charge in [-0.1, -0.05) is 67.6 Å². The summed E-state index contributed by atoms with van der Waals surface area (Å²) < 4.78 is 0. The smallest absolute Gasteiger partial charge is 0.246 e. The topological polar surface area (TPSA) is 111 Å². The number of nitrogens with one attached hydrogen (secondary N) is 3. The van der Waals surface area contributed by atoms with E-state index in [1.807, 2.05) is 67.6 Å². The number of hydrogen-bond acceptors (Lipinski definition) is 5. The Morgan fingerprint density at radius 1 is 0.974 bits per heavy atom. The molecule has 0 aliphatic carbocycles. The minimum atomic E-state index is -0.769. The normalized spacial score (nSPS) is 24.0. The fourth-order valence-corrected chi connectivity index (χ4v) is 6.01. The molecular weight excluding hydrogens is 480 g/mol. The second-order valence-electron chi connectivity index (χ2n) is 10.3. The van der Waals surface area contributed by atoms with Crippen molar-refractivity contribution in [3.8, 4) is 0 Å². The van der Waals surface area contributed by atoms with Crippen LogP contribution in [0.15, 0.2) is 60.7 Å². The Hall–Kier alpha value is -3.23. The van der Waals surface area contributed by atoms with E-state index in [0.29, 0.717) is 25.7 Å². The quantitative estimate of drug-likeness (QED) is 0.385. The van der Waals surface area contributed by atoms with Crippen LogP contribution >= 0.6 is 0 Å². The van der Waals surface area contributed by atoms with Crippen LogP contribution in [0.25, 0.3) is 0 Å². The molecule has 0 spiro atoms. The van der Waals surface area contributed by atoms with E-state index in [9.17, 15) is 19.5 Å². The van der Waals surface area contributed by atoms with Gasteiger partial charge in [0.15, 0.2) is 0 Å². The fraction of sp³-hybridized carbons (Fsp3) is 0.500. The summed E-state index contributed by atoms with van der Waals surface area (Å²) in [6, 6.07) is 17.5. The number of aliphatic hydroxyl groups is 1. The Labute approximate surface area is 225 Å². The van der Waals surface area contributed by atoms with E-state index in [-0.39, 0.29) is 42.3 Å². The van der Waals surface area contributed by atoms with Crippen LogP contribution in [-0.4, -0.2) is 65.5 Å². The number of likely N-dealkylation sites (N-methyl/N-ethyl adjacent to an activating group) is 1. The highest BCUT2D eigenvalue weighted by Gasteiger charge is 2.47. The van der Waals surface area contributed by atoms with Crippen molar-refractivity contribution in [2.24, 2.45) is 5.92 Å². The number of fused-ring (bicyclic) bond motifs is 1. The lowest BCUT2D eigenvalue weighted by molar-refractivity contribution is -0.144. The van der Waals surface area contributed by atoms with Gasteiger partial charge in [0.05, 0.1) is 12.1 Å². The molecule has 8 heteroatoms. The van der Waals surface area contributed by atoms with Crippen molar-refractivity contribution < 1.29 is 19.5 Å². The average Bonchev–Trinajstić information content (AvgIpc) is 3.33. The van der Waals surface area contributed by atoms with Gasteiger partial charge in [0, 0.05) is 12.6 Å². The van der Waals surface area contributed by atoms with Crippen molar-refractivity contribution in [1.29, 1.82) is 0 Å². The average molecular weight is 521 g/mol. The Bertz CT molecular complexity index is 1040. The van der Waals surface area contributed by atoms with Crippen molar-refractivity contribution >= 4 is 17.7 Å². The largest absolute Gasteiger partial charge is 0.396 e. The first-order valence-corrected chi connectivity index (χ1v) is 13.8. The summed E-state index contributed by atoms with van der Waals surface area (Å²) in [5.74, 6) is -0.825. The van der Waals surface area contributed by atoms with Gasteiger partial charge < -0.3 is 26.0 Å². The summed E-state index contributed by atoms with van der Waals surface area (Å²) in [6.07, 6.45) is 3.79. The van der Waals surface area contributed by atoms with E-state index in [1.165, 1.54) is 0 Å². The molecule has 0 saturated carbocycles. The summed E-state index contributed by atoms with van der Waals surface area (Å²) in [5.41, 5.74) is 1.93. The second-order valence-corrected chi connectivity index (χ2v) is 10.3. The van der Waals surface area contributed by atoms with Gasteiger partial charge in [-0.3, -0.25) is 14.4 Å². The molecular formula is C30H40N4O4. The van der Waals surface area contributed by atoms with Gasteiger partial charge in [-0.2, -0.15) is 0 Å². The van der Waals surface area contributed by atoms with Gasteiger partial charge in [0.25, 0.3) is 0 Å². The van der Waals surface area contributed by atoms with Crippen molar-refractivity contribution in [2.45, 2.75) is 75.7 Å². The molecule has 204 valence electrons. The fourth-order valence-electron chi connectivity index (χ4n) is 6.01. The molecule has 2 aromatic rings. The van der Waals surface area contributed by atoms with E-state index in [2.05, 4.69) is 16.0 Å². The maximum Gasteiger partial charge on any atom is 0.246 e. The zero-order valence-corrected chi connectivity index (χ0v) is 22.3. The molecule has 2 aliphatic heterocycles. The van der Waals surface area contributed by atoms with Gasteiger partial charge in [-0.15, -0.1) is 0 Å². The number of rotatable bonds is 10. The van der Waals surface area contributed by atoms with E-state index < -0.39 is 18.1 Å². The molecule has 38 heavy (non-hydrogen) atoms. The van der Waals surface area contributed by atoms with Crippen LogP contribution in [0.4, 0.5) is 0 Å². The molecule has 4 rings (SSSR count). The first-order valence-electron chi connectivity index (χ1n) is 13.8. The van der Waals surface area contributed by atoms with E-state index >= 15 is 0 Å². The lowest BCUT2D eigenvalue weighted by atomic mass is 9.90. The highest BCUT2D eigenvalue weighted by molar-refractivity contribution is 5.94. The SMILES string of the molecule is CCC(NC)C(=O)NC1C(=O)N2C(CCC1CCO)CCC2C(=O)NC(c1ccccc1)c1ccccc1. The number of benzene rings is 2. The lowest BCUT2D eigenvalue weighted by Crippen LogP contribution is -2.58. The molecule has 5 atom stereocenters. The van der Waals surface area contributed by atoms with Crippen LogP contribution in [0.3, 0.4) is 0 Å². The number of aliphatic hydroxyl groups excluding tert-OH is 1. The first-order chi connectivity index (χ1) is 18.5. The lowest BCUT2D eigenvalue weighted by Gasteiger charge is -2.33.